The van der Waals surface area contributed by atoms with Crippen molar-refractivity contribution in [1.29, 1.82) is 0 Å². The third-order valence-electron chi connectivity index (χ3n) is 9.94. The Morgan fingerprint density at radius 2 is 1.66 bits per heavy atom. The molecule has 0 radical (unpaired) electrons. The van der Waals surface area contributed by atoms with Gasteiger partial charge in [0.2, 0.25) is 21.9 Å². The SMILES string of the molecule is CC(C)c1cnn2c(NCc3ccc(NC(=O)CCCCCCCS(=O)(=O)Nc4ccc(S(=O)(=O)NC(=O)c5ccc(Cl)cc5Cl)s4)cc3)nc(OC3CCN(C)CC3)nc12. The number of hydrogen-bond donors (Lipinski definition) is 4. The fourth-order valence-corrected chi connectivity index (χ4v) is 10.7. The minimum Gasteiger partial charge on any atom is -0.460 e. The summed E-state index contributed by atoms with van der Waals surface area (Å²) in [6.45, 7) is 6.59. The van der Waals surface area contributed by atoms with Crippen molar-refractivity contribution in [3.05, 3.63) is 87.5 Å². The van der Waals surface area contributed by atoms with Gasteiger partial charge in [0.15, 0.2) is 5.65 Å². The molecule has 2 amide bonds. The number of nitrogens with one attached hydrogen (secondary N) is 4. The van der Waals surface area contributed by atoms with Crippen molar-refractivity contribution < 1.29 is 31.2 Å². The quantitative estimate of drug-likeness (QED) is 0.0559. The number of nitrogens with zero attached hydrogens (tertiary/aromatic N) is 5. The highest BCUT2D eigenvalue weighted by Crippen LogP contribution is 2.29. The number of aromatic nitrogens is 4. The van der Waals surface area contributed by atoms with E-state index in [1.165, 1.54) is 30.3 Å². The number of unbranched alkanes of at least 4 members (excludes halogenated alkanes) is 4. The van der Waals surface area contributed by atoms with Crippen LogP contribution in [0.3, 0.4) is 0 Å². The predicted molar refractivity (Wildman–Crippen MR) is 239 cm³/mol. The van der Waals surface area contributed by atoms with Crippen molar-refractivity contribution in [3.63, 3.8) is 0 Å². The second-order valence-corrected chi connectivity index (χ2v) is 20.8. The summed E-state index contributed by atoms with van der Waals surface area (Å²) in [6.07, 6.45) is 7.19. The maximum absolute atomic E-state index is 12.8. The van der Waals surface area contributed by atoms with E-state index in [0.29, 0.717) is 66.9 Å². The number of ether oxygens (including phenoxy) is 1. The number of rotatable bonds is 20. The van der Waals surface area contributed by atoms with Crippen molar-refractivity contribution in [1.82, 2.24) is 29.2 Å². The van der Waals surface area contributed by atoms with Gasteiger partial charge in [-0.3, -0.25) is 14.3 Å². The lowest BCUT2D eigenvalue weighted by atomic mass is 10.1. The van der Waals surface area contributed by atoms with Gasteiger partial charge in [0.25, 0.3) is 15.9 Å². The van der Waals surface area contributed by atoms with Crippen molar-refractivity contribution >= 4 is 88.7 Å². The summed E-state index contributed by atoms with van der Waals surface area (Å²) in [5, 5.41) is 11.2. The number of fused-ring (bicyclic) bond motifs is 1. The summed E-state index contributed by atoms with van der Waals surface area (Å²) in [5.74, 6) is -0.465. The lowest BCUT2D eigenvalue weighted by molar-refractivity contribution is -0.116. The molecule has 4 N–H and O–H groups in total. The number of benzene rings is 2. The van der Waals surface area contributed by atoms with E-state index in [-0.39, 0.29) is 48.5 Å². The Morgan fingerprint density at radius 3 is 2.38 bits per heavy atom. The smallest absolute Gasteiger partial charge is 0.322 e. The molecule has 21 heteroatoms. The van der Waals surface area contributed by atoms with E-state index in [4.69, 9.17) is 32.9 Å². The number of sulfonamides is 2. The second-order valence-electron chi connectivity index (χ2n) is 15.2. The van der Waals surface area contributed by atoms with Crippen LogP contribution in [0.1, 0.15) is 92.6 Å². The maximum Gasteiger partial charge on any atom is 0.322 e. The molecule has 1 aliphatic heterocycles. The fourth-order valence-electron chi connectivity index (χ4n) is 6.54. The van der Waals surface area contributed by atoms with Crippen molar-refractivity contribution in [2.24, 2.45) is 0 Å². The van der Waals surface area contributed by atoms with Crippen LogP contribution in [0.2, 0.25) is 10.0 Å². The summed E-state index contributed by atoms with van der Waals surface area (Å²) in [7, 11) is -5.95. The van der Waals surface area contributed by atoms with Gasteiger partial charge < -0.3 is 20.3 Å². The molecule has 6 rings (SSSR count). The van der Waals surface area contributed by atoms with Crippen molar-refractivity contribution in [3.8, 4) is 6.01 Å². The Kier molecular flexibility index (Phi) is 15.5. The molecule has 3 aromatic heterocycles. The zero-order valence-electron chi connectivity index (χ0n) is 34.0. The van der Waals surface area contributed by atoms with E-state index in [2.05, 4.69) is 51.2 Å². The highest BCUT2D eigenvalue weighted by atomic mass is 35.5. The molecule has 1 saturated heterocycles. The molecule has 0 saturated carbocycles. The van der Waals surface area contributed by atoms with Gasteiger partial charge in [0, 0.05) is 42.3 Å². The van der Waals surface area contributed by atoms with Gasteiger partial charge in [-0.05, 0) is 86.7 Å². The molecule has 0 atom stereocenters. The Bertz CT molecular complexity index is 2540. The number of piperidine rings is 1. The monoisotopic (exact) mass is 933 g/mol. The molecular formula is C40H49Cl2N9O7S3. The minimum absolute atomic E-state index is 0.0192. The van der Waals surface area contributed by atoms with E-state index in [1.54, 1.807) is 4.52 Å². The van der Waals surface area contributed by atoms with Gasteiger partial charge in [-0.1, -0.05) is 68.4 Å². The predicted octanol–water partition coefficient (Wildman–Crippen LogP) is 7.54. The molecule has 2 aromatic carbocycles. The molecular weight excluding hydrogens is 886 g/mol. The third kappa shape index (κ3) is 13.0. The van der Waals surface area contributed by atoms with Crippen LogP contribution in [0.25, 0.3) is 5.65 Å². The van der Waals surface area contributed by atoms with E-state index in [0.717, 1.165) is 49.9 Å². The number of likely N-dealkylation sites (tertiary alicyclic amines) is 1. The molecule has 5 aromatic rings. The Labute approximate surface area is 369 Å². The summed E-state index contributed by atoms with van der Waals surface area (Å²) in [4.78, 5) is 36.9. The van der Waals surface area contributed by atoms with Crippen molar-refractivity contribution in [2.75, 3.05) is 41.2 Å². The molecule has 1 fully saturated rings. The summed E-state index contributed by atoms with van der Waals surface area (Å²) in [6, 6.07) is 14.4. The zero-order valence-corrected chi connectivity index (χ0v) is 37.9. The van der Waals surface area contributed by atoms with E-state index < -0.39 is 26.0 Å². The molecule has 1 aliphatic rings. The Balaban J connectivity index is 0.887. The van der Waals surface area contributed by atoms with Crippen LogP contribution in [0.5, 0.6) is 6.01 Å². The summed E-state index contributed by atoms with van der Waals surface area (Å²) in [5.41, 5.74) is 3.30. The fraction of sp³-hybridized carbons (Fsp3) is 0.425. The van der Waals surface area contributed by atoms with Gasteiger partial charge in [-0.15, -0.1) is 11.3 Å². The molecule has 0 bridgehead atoms. The van der Waals surface area contributed by atoms with Crippen LogP contribution < -0.4 is 24.8 Å². The molecule has 0 unspecified atom stereocenters. The van der Waals surface area contributed by atoms with Gasteiger partial charge in [0.05, 0.1) is 22.5 Å². The van der Waals surface area contributed by atoms with Gasteiger partial charge in [-0.2, -0.15) is 19.6 Å². The molecule has 0 aliphatic carbocycles. The normalized spacial score (nSPS) is 14.0. The van der Waals surface area contributed by atoms with Crippen LogP contribution in [0.15, 0.2) is 65.0 Å². The summed E-state index contributed by atoms with van der Waals surface area (Å²) >= 11 is 12.5. The van der Waals surface area contributed by atoms with Crippen LogP contribution in [-0.2, 0) is 31.4 Å². The van der Waals surface area contributed by atoms with E-state index >= 15 is 0 Å². The molecule has 61 heavy (non-hydrogen) atoms. The highest BCUT2D eigenvalue weighted by Gasteiger charge is 2.24. The van der Waals surface area contributed by atoms with Gasteiger partial charge in [-0.25, -0.2) is 21.6 Å². The third-order valence-corrected chi connectivity index (χ3v) is 14.8. The largest absolute Gasteiger partial charge is 0.460 e. The Hall–Kier alpha value is -4.53. The first-order valence-electron chi connectivity index (χ1n) is 19.9. The molecule has 16 nitrogen and oxygen atoms in total. The second kappa shape index (κ2) is 20.6. The van der Waals surface area contributed by atoms with Crippen LogP contribution in [0, 0.1) is 0 Å². The van der Waals surface area contributed by atoms with Crippen LogP contribution >= 0.6 is 34.5 Å². The molecule has 4 heterocycles. The molecule has 0 spiro atoms. The zero-order chi connectivity index (χ0) is 43.7. The lowest BCUT2D eigenvalue weighted by Gasteiger charge is -2.28. The minimum atomic E-state index is -4.30. The average molecular weight is 935 g/mol. The first-order valence-corrected chi connectivity index (χ1v) is 24.6. The first kappa shape index (κ1) is 46.0. The number of hydrogen-bond acceptors (Lipinski definition) is 13. The number of amides is 2. The first-order chi connectivity index (χ1) is 29.0. The van der Waals surface area contributed by atoms with Crippen molar-refractivity contribution in [2.45, 2.75) is 88.0 Å². The average Bonchev–Trinajstić information content (AvgIpc) is 3.86. The van der Waals surface area contributed by atoms with Crippen LogP contribution in [0.4, 0.5) is 16.6 Å². The number of carbonyl (C=O) groups excluding carboxylic acids is 2. The highest BCUT2D eigenvalue weighted by molar-refractivity contribution is 7.93. The summed E-state index contributed by atoms with van der Waals surface area (Å²) < 4.78 is 63.0. The number of thiophene rings is 1. The van der Waals surface area contributed by atoms with Crippen LogP contribution in [-0.4, -0.2) is 85.1 Å². The maximum atomic E-state index is 12.8. The standard InChI is InChI=1S/C40H49Cl2N9O7S3/c1-26(2)32-25-44-51-37(32)46-40(58-30-18-20-50(3)21-19-30)47-39(51)43-24-27-10-13-29(14-11-27)45-34(52)9-7-5-4-6-8-22-60(54,55)48-35-16-17-36(59-35)61(56,57)49-38(53)31-15-12-28(41)23-33(31)42/h10-17,23,25-26,30,48H,4-9,18-22,24H2,1-3H3,(H,45,52)(H,49,53)(H,43,46,47). The number of halogens is 2. The van der Waals surface area contributed by atoms with E-state index in [9.17, 15) is 26.4 Å². The topological polar surface area (TPSA) is 206 Å². The molecule has 328 valence electrons. The van der Waals surface area contributed by atoms with E-state index in [1.807, 2.05) is 35.2 Å². The van der Waals surface area contributed by atoms with Gasteiger partial charge >= 0.3 is 6.01 Å². The number of carbonyl (C=O) groups is 2. The van der Waals surface area contributed by atoms with Gasteiger partial charge in [0.1, 0.15) is 15.3 Å². The Morgan fingerprint density at radius 1 is 0.934 bits per heavy atom. The lowest BCUT2D eigenvalue weighted by Crippen LogP contribution is -2.36. The number of anilines is 3.